The van der Waals surface area contributed by atoms with Gasteiger partial charge in [0.2, 0.25) is 0 Å². The summed E-state index contributed by atoms with van der Waals surface area (Å²) < 4.78 is 25.1. The Hall–Kier alpha value is -3.29. The summed E-state index contributed by atoms with van der Waals surface area (Å²) in [5.74, 6) is 2.23. The monoisotopic (exact) mass is 441 g/mol. The highest BCUT2D eigenvalue weighted by Gasteiger charge is 2.26. The van der Waals surface area contributed by atoms with E-state index in [0.29, 0.717) is 31.1 Å². The van der Waals surface area contributed by atoms with E-state index >= 15 is 0 Å². The summed E-state index contributed by atoms with van der Waals surface area (Å²) in [4.78, 5) is 10.9. The van der Waals surface area contributed by atoms with Crippen LogP contribution in [0.1, 0.15) is 24.5 Å². The second-order valence-corrected chi connectivity index (χ2v) is 7.56. The lowest BCUT2D eigenvalue weighted by atomic mass is 10.1. The number of guanidine groups is 1. The first kappa shape index (κ1) is 23.4. The van der Waals surface area contributed by atoms with Gasteiger partial charge in [-0.1, -0.05) is 6.08 Å². The van der Waals surface area contributed by atoms with Crippen molar-refractivity contribution in [1.29, 1.82) is 0 Å². The van der Waals surface area contributed by atoms with Crippen LogP contribution in [-0.2, 0) is 13.0 Å². The zero-order valence-corrected chi connectivity index (χ0v) is 19.0. The summed E-state index contributed by atoms with van der Waals surface area (Å²) in [6.45, 7) is 8.48. The zero-order valence-electron chi connectivity index (χ0n) is 19.0. The number of rotatable bonds is 9. The first-order chi connectivity index (χ1) is 15.6. The largest absolute Gasteiger partial charge is 0.493 e. The third-order valence-corrected chi connectivity index (χ3v) is 5.31. The molecule has 1 unspecified atom stereocenters. The van der Waals surface area contributed by atoms with Gasteiger partial charge in [-0.25, -0.2) is 14.4 Å². The molecule has 0 radical (unpaired) electrons. The number of allylic oxidation sites excluding steroid dienone is 1. The van der Waals surface area contributed by atoms with Gasteiger partial charge in [0.05, 0.1) is 20.8 Å². The van der Waals surface area contributed by atoms with E-state index in [2.05, 4.69) is 28.3 Å². The number of nitrogens with zero attached hydrogens (tertiary/aromatic N) is 3. The third-order valence-electron chi connectivity index (χ3n) is 5.31. The summed E-state index contributed by atoms with van der Waals surface area (Å²) in [5.41, 5.74) is 2.02. The molecule has 2 heterocycles. The molecule has 0 bridgehead atoms. The molecule has 2 N–H and O–H groups in total. The summed E-state index contributed by atoms with van der Waals surface area (Å²) in [7, 11) is 3.27. The molecular formula is C24H32FN5O2. The van der Waals surface area contributed by atoms with Crippen LogP contribution >= 0.6 is 0 Å². The quantitative estimate of drug-likeness (QED) is 0.354. The Morgan fingerprint density at radius 2 is 2.22 bits per heavy atom. The van der Waals surface area contributed by atoms with Crippen LogP contribution in [0.4, 0.5) is 10.2 Å². The molecule has 3 rings (SSSR count). The van der Waals surface area contributed by atoms with E-state index in [4.69, 9.17) is 14.5 Å². The minimum absolute atomic E-state index is 0.149. The van der Waals surface area contributed by atoms with Crippen molar-refractivity contribution in [2.45, 2.75) is 32.4 Å². The topological polar surface area (TPSA) is 71.0 Å². The molecule has 0 saturated carbocycles. The molecule has 0 amide bonds. The van der Waals surface area contributed by atoms with Gasteiger partial charge in [-0.05, 0) is 49.6 Å². The van der Waals surface area contributed by atoms with Crippen LogP contribution in [0, 0.1) is 5.82 Å². The lowest BCUT2D eigenvalue weighted by Gasteiger charge is -2.20. The van der Waals surface area contributed by atoms with Crippen LogP contribution < -0.4 is 25.0 Å². The van der Waals surface area contributed by atoms with E-state index in [1.807, 2.05) is 24.0 Å². The van der Waals surface area contributed by atoms with E-state index in [1.54, 1.807) is 26.5 Å². The molecule has 1 fully saturated rings. The molecule has 1 aliphatic heterocycles. The molecule has 1 atom stereocenters. The van der Waals surface area contributed by atoms with Gasteiger partial charge in [0.15, 0.2) is 29.1 Å². The third kappa shape index (κ3) is 5.69. The Kier molecular flexibility index (Phi) is 8.30. The van der Waals surface area contributed by atoms with E-state index in [9.17, 15) is 4.39 Å². The number of nitrogens with one attached hydrogen (secondary N) is 2. The Balaban J connectivity index is 1.71. The molecule has 1 aromatic heterocycles. The molecule has 1 aliphatic rings. The lowest BCUT2D eigenvalue weighted by molar-refractivity contribution is 0.352. The highest BCUT2D eigenvalue weighted by atomic mass is 19.1. The molecule has 1 saturated heterocycles. The molecule has 1 aromatic carbocycles. The number of halogens is 1. The van der Waals surface area contributed by atoms with Gasteiger partial charge in [0, 0.05) is 37.4 Å². The number of methoxy groups -OCH3 is 2. The number of hydrogen-bond acceptors (Lipinski definition) is 5. The second kappa shape index (κ2) is 11.4. The van der Waals surface area contributed by atoms with Crippen LogP contribution in [-0.4, -0.2) is 50.8 Å². The maximum Gasteiger partial charge on any atom is 0.191 e. The number of anilines is 1. The average molecular weight is 442 g/mol. The predicted octanol–water partition coefficient (Wildman–Crippen LogP) is 3.30. The number of ether oxygens (including phenoxy) is 2. The fraction of sp³-hybridized carbons (Fsp3) is 0.417. The molecular weight excluding hydrogens is 409 g/mol. The van der Waals surface area contributed by atoms with Gasteiger partial charge >= 0.3 is 0 Å². The van der Waals surface area contributed by atoms with Crippen molar-refractivity contribution in [3.8, 4) is 11.5 Å². The zero-order chi connectivity index (χ0) is 22.9. The number of aromatic nitrogens is 1. The van der Waals surface area contributed by atoms with Crippen molar-refractivity contribution in [3.05, 3.63) is 60.1 Å². The van der Waals surface area contributed by atoms with Crippen LogP contribution in [0.25, 0.3) is 0 Å². The predicted molar refractivity (Wildman–Crippen MR) is 126 cm³/mol. The summed E-state index contributed by atoms with van der Waals surface area (Å²) >= 11 is 0. The smallest absolute Gasteiger partial charge is 0.191 e. The highest BCUT2D eigenvalue weighted by molar-refractivity contribution is 5.80. The molecule has 0 spiro atoms. The van der Waals surface area contributed by atoms with E-state index in [1.165, 1.54) is 6.07 Å². The molecule has 0 aliphatic carbocycles. The van der Waals surface area contributed by atoms with E-state index in [-0.39, 0.29) is 11.9 Å². The normalized spacial score (nSPS) is 16.1. The SMILES string of the molecule is C=CCc1cc(CN=C(NCC)NC2CCN(c3ncccc3F)C2)cc(OC)c1OC. The number of hydrogen-bond donors (Lipinski definition) is 2. The van der Waals surface area contributed by atoms with Crippen LogP contribution in [0.5, 0.6) is 11.5 Å². The minimum atomic E-state index is -0.294. The van der Waals surface area contributed by atoms with Crippen molar-refractivity contribution >= 4 is 11.8 Å². The Labute approximate surface area is 189 Å². The van der Waals surface area contributed by atoms with Crippen LogP contribution in [0.15, 0.2) is 48.1 Å². The maximum absolute atomic E-state index is 14.1. The Bertz CT molecular complexity index is 950. The van der Waals surface area contributed by atoms with Gasteiger partial charge in [-0.15, -0.1) is 6.58 Å². The van der Waals surface area contributed by atoms with Gasteiger partial charge in [0.25, 0.3) is 0 Å². The Morgan fingerprint density at radius 1 is 1.38 bits per heavy atom. The van der Waals surface area contributed by atoms with Gasteiger partial charge in [-0.2, -0.15) is 0 Å². The van der Waals surface area contributed by atoms with Gasteiger partial charge in [-0.3, -0.25) is 0 Å². The van der Waals surface area contributed by atoms with Crippen molar-refractivity contribution in [3.63, 3.8) is 0 Å². The molecule has 2 aromatic rings. The van der Waals surface area contributed by atoms with Crippen molar-refractivity contribution in [2.75, 3.05) is 38.8 Å². The van der Waals surface area contributed by atoms with Crippen molar-refractivity contribution in [1.82, 2.24) is 15.6 Å². The van der Waals surface area contributed by atoms with Crippen molar-refractivity contribution in [2.24, 2.45) is 4.99 Å². The van der Waals surface area contributed by atoms with Gasteiger partial charge < -0.3 is 25.0 Å². The Morgan fingerprint density at radius 3 is 2.91 bits per heavy atom. The van der Waals surface area contributed by atoms with Crippen LogP contribution in [0.3, 0.4) is 0 Å². The lowest BCUT2D eigenvalue weighted by Crippen LogP contribution is -2.44. The summed E-state index contributed by atoms with van der Waals surface area (Å²) in [5, 5.41) is 6.77. The summed E-state index contributed by atoms with van der Waals surface area (Å²) in [6, 6.07) is 7.21. The molecule has 7 nitrogen and oxygen atoms in total. The highest BCUT2D eigenvalue weighted by Crippen LogP contribution is 2.33. The van der Waals surface area contributed by atoms with Gasteiger partial charge in [0.1, 0.15) is 0 Å². The maximum atomic E-state index is 14.1. The first-order valence-corrected chi connectivity index (χ1v) is 10.8. The fourth-order valence-corrected chi connectivity index (χ4v) is 3.87. The number of benzene rings is 1. The molecule has 172 valence electrons. The number of aliphatic imine (C=N–C) groups is 1. The molecule has 8 heteroatoms. The van der Waals surface area contributed by atoms with E-state index in [0.717, 1.165) is 42.3 Å². The van der Waals surface area contributed by atoms with Crippen LogP contribution in [0.2, 0.25) is 0 Å². The molecule has 32 heavy (non-hydrogen) atoms. The standard InChI is InChI=1S/C24H32FN5O2/c1-5-8-18-13-17(14-21(31-3)22(18)32-4)15-28-24(26-6-2)29-19-10-12-30(16-19)23-20(25)9-7-11-27-23/h5,7,9,11,13-14,19H,1,6,8,10,12,15-16H2,2-4H3,(H2,26,28,29). The van der Waals surface area contributed by atoms with E-state index < -0.39 is 0 Å². The fourth-order valence-electron chi connectivity index (χ4n) is 3.87. The van der Waals surface area contributed by atoms with Crippen molar-refractivity contribution < 1.29 is 13.9 Å². The second-order valence-electron chi connectivity index (χ2n) is 7.56. The summed E-state index contributed by atoms with van der Waals surface area (Å²) in [6.07, 6.45) is 5.01. The average Bonchev–Trinajstić information content (AvgIpc) is 3.26. The minimum Gasteiger partial charge on any atom is -0.493 e. The first-order valence-electron chi connectivity index (χ1n) is 10.8. The number of pyridine rings is 1.